The Kier molecular flexibility index (Phi) is 15.0. The molecule has 1 amide bonds. The number of amides is 1. The van der Waals surface area contributed by atoms with Crippen LogP contribution in [0.25, 0.3) is 12.2 Å². The highest BCUT2D eigenvalue weighted by molar-refractivity contribution is 7.86. The number of nitrogens with one attached hydrogen (secondary N) is 4. The van der Waals surface area contributed by atoms with Crippen molar-refractivity contribution in [1.29, 1.82) is 0 Å². The highest BCUT2D eigenvalue weighted by Gasteiger charge is 2.36. The molecular formula is C47H36N12O15S3. The first-order valence-corrected chi connectivity index (χ1v) is 26.0. The number of anilines is 8. The summed E-state index contributed by atoms with van der Waals surface area (Å²) in [5.74, 6) is -4.66. The van der Waals surface area contributed by atoms with E-state index in [1.807, 2.05) is 0 Å². The number of nitrogens with zero attached hydrogens (tertiary/aromatic N) is 8. The van der Waals surface area contributed by atoms with Crippen LogP contribution in [0.2, 0.25) is 0 Å². The van der Waals surface area contributed by atoms with E-state index in [1.165, 1.54) is 31.2 Å². The minimum atomic E-state index is -5.09. The normalized spacial score (nSPS) is 15.5. The van der Waals surface area contributed by atoms with Gasteiger partial charge in [0.25, 0.3) is 36.3 Å². The highest BCUT2D eigenvalue weighted by atomic mass is 32.2. The van der Waals surface area contributed by atoms with E-state index in [0.29, 0.717) is 23.1 Å². The van der Waals surface area contributed by atoms with Gasteiger partial charge in [-0.2, -0.15) is 65.6 Å². The molecule has 0 spiro atoms. The number of allylic oxidation sites excluding steroid dienone is 3. The van der Waals surface area contributed by atoms with Gasteiger partial charge in [-0.3, -0.25) is 28.7 Å². The molecule has 0 saturated heterocycles. The molecule has 27 nitrogen and oxygen atoms in total. The maximum atomic E-state index is 13.5. The summed E-state index contributed by atoms with van der Waals surface area (Å²) in [5.41, 5.74) is 2.52. The Morgan fingerprint density at radius 1 is 0.636 bits per heavy atom. The fraction of sp³-hybridized carbons (Fsp3) is 0.0426. The van der Waals surface area contributed by atoms with Gasteiger partial charge in [0.05, 0.1) is 38.9 Å². The van der Waals surface area contributed by atoms with Crippen LogP contribution in [0.1, 0.15) is 28.4 Å². The smallest absolute Gasteiger partial charge is 0.339 e. The lowest BCUT2D eigenvalue weighted by Crippen LogP contribution is -2.29. The molecule has 6 aromatic rings. The zero-order chi connectivity index (χ0) is 55.4. The Balaban J connectivity index is 1.02. The minimum Gasteiger partial charge on any atom is -0.478 e. The summed E-state index contributed by atoms with van der Waals surface area (Å²) in [7, 11) is -14.9. The fourth-order valence-electron chi connectivity index (χ4n) is 7.06. The van der Waals surface area contributed by atoms with Crippen LogP contribution in [-0.2, 0) is 44.7 Å². The second kappa shape index (κ2) is 21.6. The first-order chi connectivity index (χ1) is 36.4. The van der Waals surface area contributed by atoms with Crippen molar-refractivity contribution in [2.24, 2.45) is 20.4 Å². The molecule has 9 N–H and O–H groups in total. The number of rotatable bonds is 18. The van der Waals surface area contributed by atoms with Crippen LogP contribution in [0.15, 0.2) is 168 Å². The molecule has 392 valence electrons. The molecule has 0 radical (unpaired) electrons. The van der Waals surface area contributed by atoms with Crippen LogP contribution in [0.3, 0.4) is 0 Å². The highest BCUT2D eigenvalue weighted by Crippen LogP contribution is 2.32. The maximum absolute atomic E-state index is 13.5. The number of azo groups is 1. The standard InChI is InChI=1S/C47H36N12O15S3/c1-25-41(57-56-37-19-18-34(75(66,67)68)24-35(37)43(62)63)42(61)59(58-25)33-17-10-27(40(23-33)77(72,73)74)8-7-26-9-11-31(22-39(26)76(69,70)71)50-47-52-45(48-28-5-3-2-4-6-28)51-46(53-47)49-29-12-14-30(15-13-29)54-55-32-16-20-38(60)36(21-32)44(64)65/h2-24,41,54H,1H3,(H,62,63)(H,64,65)(H,66,67,68)(H,69,70,71)(H,72,73,74)(H3,48,49,50,51,52,53)/b8-7+,55-32?,57-56?. The number of hydrogen-bond acceptors (Lipinski definition) is 21. The number of aromatic carboxylic acids is 1. The summed E-state index contributed by atoms with van der Waals surface area (Å²) in [6.07, 6.45) is 5.83. The van der Waals surface area contributed by atoms with E-state index in [2.05, 4.69) is 56.8 Å². The number of aromatic nitrogens is 3. The van der Waals surface area contributed by atoms with Crippen LogP contribution in [-0.4, -0.2) is 105 Å². The number of ketones is 1. The molecule has 1 atom stereocenters. The maximum Gasteiger partial charge on any atom is 0.339 e. The van der Waals surface area contributed by atoms with Gasteiger partial charge in [0.2, 0.25) is 17.8 Å². The average Bonchev–Trinajstić information content (AvgIpc) is 3.73. The molecule has 77 heavy (non-hydrogen) atoms. The number of para-hydroxylation sites is 1. The number of carboxylic acid groups (broad SMARTS) is 2. The number of hydrogen-bond donors (Lipinski definition) is 9. The molecule has 1 aromatic heterocycles. The molecule has 2 aliphatic rings. The van der Waals surface area contributed by atoms with Gasteiger partial charge < -0.3 is 26.2 Å². The SMILES string of the molecule is CC1=NN(c2ccc(/C=C/c3ccc(Nc4nc(Nc5ccccc5)nc(Nc5ccc(NN=C6C=CC(=O)C(C(=O)O)=C6)cc5)n4)cc3S(=O)(=O)O)c(S(=O)(=O)O)c2)C(=O)C1N=Nc1ccc(S(=O)(=O)O)cc1C(=O)O. The van der Waals surface area contributed by atoms with Crippen LogP contribution >= 0.6 is 0 Å². The average molecular weight is 1110 g/mol. The molecule has 0 saturated carbocycles. The third-order valence-corrected chi connectivity index (χ3v) is 13.4. The number of aliphatic carboxylic acids is 1. The van der Waals surface area contributed by atoms with Gasteiger partial charge in [-0.15, -0.1) is 0 Å². The quantitative estimate of drug-likeness (QED) is 0.0111. The summed E-state index contributed by atoms with van der Waals surface area (Å²) >= 11 is 0. The van der Waals surface area contributed by atoms with Crippen LogP contribution in [0, 0.1) is 0 Å². The Morgan fingerprint density at radius 3 is 1.78 bits per heavy atom. The summed E-state index contributed by atoms with van der Waals surface area (Å²) in [6, 6.07) is 23.3. The molecule has 30 heteroatoms. The van der Waals surface area contributed by atoms with Gasteiger partial charge >= 0.3 is 11.9 Å². The molecule has 2 heterocycles. The van der Waals surface area contributed by atoms with E-state index < -0.39 is 85.8 Å². The fourth-order valence-corrected chi connectivity index (χ4v) is 8.98. The number of hydrazone groups is 2. The van der Waals surface area contributed by atoms with Gasteiger partial charge in [0.15, 0.2) is 11.8 Å². The second-order valence-electron chi connectivity index (χ2n) is 16.1. The molecular weight excluding hydrogens is 1070 g/mol. The van der Waals surface area contributed by atoms with Crippen molar-refractivity contribution >= 4 is 130 Å². The van der Waals surface area contributed by atoms with Crippen LogP contribution < -0.4 is 26.4 Å². The van der Waals surface area contributed by atoms with Gasteiger partial charge in [0.1, 0.15) is 15.4 Å². The zero-order valence-electron chi connectivity index (χ0n) is 39.0. The molecule has 1 aliphatic heterocycles. The van der Waals surface area contributed by atoms with Crippen molar-refractivity contribution in [3.63, 3.8) is 0 Å². The number of carboxylic acids is 2. The largest absolute Gasteiger partial charge is 0.478 e. The summed E-state index contributed by atoms with van der Waals surface area (Å²) in [6.45, 7) is 1.36. The molecule has 5 aromatic carbocycles. The molecule has 0 fully saturated rings. The minimum absolute atomic E-state index is 0.00196. The van der Waals surface area contributed by atoms with Crippen molar-refractivity contribution < 1.29 is 68.3 Å². The summed E-state index contributed by atoms with van der Waals surface area (Å²) in [4.78, 5) is 59.6. The lowest BCUT2D eigenvalue weighted by atomic mass is 10.0. The molecule has 0 bridgehead atoms. The van der Waals surface area contributed by atoms with Crippen molar-refractivity contribution in [2.75, 3.05) is 26.4 Å². The van der Waals surface area contributed by atoms with Crippen molar-refractivity contribution in [2.45, 2.75) is 27.7 Å². The molecule has 8 rings (SSSR count). The number of benzene rings is 5. The van der Waals surface area contributed by atoms with E-state index in [1.54, 1.807) is 54.6 Å². The van der Waals surface area contributed by atoms with E-state index in [-0.39, 0.29) is 57.5 Å². The molecule has 1 aliphatic carbocycles. The Morgan fingerprint density at radius 2 is 1.19 bits per heavy atom. The number of carbonyl (C=O) groups excluding carboxylic acids is 2. The summed E-state index contributed by atoms with van der Waals surface area (Å²) in [5, 5.41) is 44.5. The number of carbonyl (C=O) groups is 4. The Bertz CT molecular complexity index is 3980. The lowest BCUT2D eigenvalue weighted by molar-refractivity contribution is -0.134. The topological polar surface area (TPSA) is 411 Å². The Labute approximate surface area is 435 Å². The first-order valence-electron chi connectivity index (χ1n) is 21.7. The van der Waals surface area contributed by atoms with Gasteiger partial charge in [-0.1, -0.05) is 42.5 Å². The third kappa shape index (κ3) is 13.0. The Hall–Kier alpha value is -9.72. The van der Waals surface area contributed by atoms with E-state index in [0.717, 1.165) is 59.6 Å². The van der Waals surface area contributed by atoms with Gasteiger partial charge in [-0.25, -0.2) is 9.59 Å². The second-order valence-corrected chi connectivity index (χ2v) is 20.3. The van der Waals surface area contributed by atoms with Crippen molar-refractivity contribution in [3.05, 3.63) is 150 Å². The van der Waals surface area contributed by atoms with E-state index in [4.69, 9.17) is 0 Å². The first kappa shape index (κ1) is 53.6. The van der Waals surface area contributed by atoms with Gasteiger partial charge in [0, 0.05) is 17.1 Å². The third-order valence-electron chi connectivity index (χ3n) is 10.7. The predicted molar refractivity (Wildman–Crippen MR) is 277 cm³/mol. The van der Waals surface area contributed by atoms with Gasteiger partial charge in [-0.05, 0) is 115 Å². The zero-order valence-corrected chi connectivity index (χ0v) is 41.4. The lowest BCUT2D eigenvalue weighted by Gasteiger charge is -2.15. The van der Waals surface area contributed by atoms with Crippen molar-refractivity contribution in [3.8, 4) is 0 Å². The predicted octanol–water partition coefficient (Wildman–Crippen LogP) is 6.50. The van der Waals surface area contributed by atoms with Crippen molar-refractivity contribution in [1.82, 2.24) is 15.0 Å². The van der Waals surface area contributed by atoms with E-state index >= 15 is 0 Å². The van der Waals surface area contributed by atoms with Crippen LogP contribution in [0.5, 0.6) is 0 Å². The van der Waals surface area contributed by atoms with Crippen LogP contribution in [0.4, 0.5) is 52.0 Å². The molecule has 1 unspecified atom stereocenters. The monoisotopic (exact) mass is 1100 g/mol. The van der Waals surface area contributed by atoms with E-state index in [9.17, 15) is 68.3 Å². The summed E-state index contributed by atoms with van der Waals surface area (Å²) < 4.78 is 104.